The highest BCUT2D eigenvalue weighted by molar-refractivity contribution is 5.83. The Balaban J connectivity index is 1.51. The predicted octanol–water partition coefficient (Wildman–Crippen LogP) is 4.73. The largest absolute Gasteiger partial charge is 0.481 e. The zero-order valence-corrected chi connectivity index (χ0v) is 21.5. The number of hydrogen-bond donors (Lipinski definition) is 1. The number of rotatable bonds is 7. The fourth-order valence-electron chi connectivity index (χ4n) is 4.57. The molecule has 0 bridgehead atoms. The summed E-state index contributed by atoms with van der Waals surface area (Å²) < 4.78 is 6.06. The van der Waals surface area contributed by atoms with Gasteiger partial charge in [-0.3, -0.25) is 14.6 Å². The van der Waals surface area contributed by atoms with Crippen LogP contribution in [0.2, 0.25) is 0 Å². The van der Waals surface area contributed by atoms with Gasteiger partial charge >= 0.3 is 0 Å². The Morgan fingerprint density at radius 3 is 2.53 bits per heavy atom. The Morgan fingerprint density at radius 2 is 1.83 bits per heavy atom. The number of fused-ring (bicyclic) bond motifs is 1. The maximum absolute atomic E-state index is 13.4. The van der Waals surface area contributed by atoms with Gasteiger partial charge < -0.3 is 15.0 Å². The molecule has 2 heterocycles. The van der Waals surface area contributed by atoms with E-state index in [1.807, 2.05) is 74.2 Å². The van der Waals surface area contributed by atoms with Crippen molar-refractivity contribution in [2.24, 2.45) is 5.41 Å². The van der Waals surface area contributed by atoms with Gasteiger partial charge in [0.2, 0.25) is 5.91 Å². The van der Waals surface area contributed by atoms with Crippen molar-refractivity contribution in [3.63, 3.8) is 0 Å². The number of ether oxygens (including phenoxy) is 1. The van der Waals surface area contributed by atoms with Crippen molar-refractivity contribution in [3.05, 3.63) is 95.3 Å². The molecule has 0 spiro atoms. The number of amides is 2. The number of pyridine rings is 1. The summed E-state index contributed by atoms with van der Waals surface area (Å²) in [6, 6.07) is 21.6. The Hall–Kier alpha value is -3.67. The van der Waals surface area contributed by atoms with Gasteiger partial charge in [0.15, 0.2) is 6.10 Å². The molecule has 2 atom stereocenters. The summed E-state index contributed by atoms with van der Waals surface area (Å²) in [6.07, 6.45) is 2.54. The van der Waals surface area contributed by atoms with E-state index in [4.69, 9.17) is 4.74 Å². The van der Waals surface area contributed by atoms with Crippen LogP contribution in [-0.4, -0.2) is 40.9 Å². The van der Waals surface area contributed by atoms with Gasteiger partial charge in [0.1, 0.15) is 5.75 Å². The smallest absolute Gasteiger partial charge is 0.260 e. The van der Waals surface area contributed by atoms with Gasteiger partial charge in [0.05, 0.1) is 6.04 Å². The highest BCUT2D eigenvalue weighted by Gasteiger charge is 2.37. The molecule has 1 N–H and O–H groups in total. The summed E-state index contributed by atoms with van der Waals surface area (Å²) >= 11 is 0. The summed E-state index contributed by atoms with van der Waals surface area (Å²) in [4.78, 5) is 32.3. The van der Waals surface area contributed by atoms with E-state index in [-0.39, 0.29) is 17.9 Å². The van der Waals surface area contributed by atoms with Crippen molar-refractivity contribution in [2.45, 2.75) is 52.7 Å². The van der Waals surface area contributed by atoms with Crippen molar-refractivity contribution >= 4 is 11.8 Å². The summed E-state index contributed by atoms with van der Waals surface area (Å²) in [5.41, 5.74) is 3.75. The van der Waals surface area contributed by atoms with E-state index in [1.165, 1.54) is 5.56 Å². The van der Waals surface area contributed by atoms with Crippen LogP contribution in [0.3, 0.4) is 0 Å². The molecule has 3 aromatic rings. The van der Waals surface area contributed by atoms with Gasteiger partial charge in [0, 0.05) is 36.8 Å². The van der Waals surface area contributed by atoms with E-state index in [9.17, 15) is 9.59 Å². The predicted molar refractivity (Wildman–Crippen MR) is 141 cm³/mol. The topological polar surface area (TPSA) is 71.5 Å². The zero-order valence-electron chi connectivity index (χ0n) is 21.5. The first-order valence-corrected chi connectivity index (χ1v) is 12.6. The van der Waals surface area contributed by atoms with Gasteiger partial charge in [-0.05, 0) is 54.3 Å². The third-order valence-corrected chi connectivity index (χ3v) is 6.45. The molecule has 0 fully saturated rings. The lowest BCUT2D eigenvalue weighted by Crippen LogP contribution is -2.45. The van der Waals surface area contributed by atoms with Gasteiger partial charge in [-0.1, -0.05) is 63.2 Å². The third kappa shape index (κ3) is 5.93. The Kier molecular flexibility index (Phi) is 7.73. The first-order valence-electron chi connectivity index (χ1n) is 12.6. The molecule has 1 aromatic heterocycles. The number of benzene rings is 2. The van der Waals surface area contributed by atoms with Gasteiger partial charge in [0.25, 0.3) is 5.91 Å². The Morgan fingerprint density at radius 1 is 1.08 bits per heavy atom. The third-order valence-electron chi connectivity index (χ3n) is 6.45. The molecule has 6 nitrogen and oxygen atoms in total. The minimum atomic E-state index is -0.655. The lowest BCUT2D eigenvalue weighted by molar-refractivity contribution is -0.141. The van der Waals surface area contributed by atoms with E-state index >= 15 is 0 Å². The molecule has 2 aromatic carbocycles. The average molecular weight is 486 g/mol. The molecule has 0 aliphatic carbocycles. The lowest BCUT2D eigenvalue weighted by Gasteiger charge is -2.41. The maximum atomic E-state index is 13.4. The second-order valence-corrected chi connectivity index (χ2v) is 10.3. The van der Waals surface area contributed by atoms with Crippen LogP contribution < -0.4 is 10.1 Å². The fraction of sp³-hybridized carbons (Fsp3) is 0.367. The Bertz CT molecular complexity index is 1190. The van der Waals surface area contributed by atoms with Gasteiger partial charge in [-0.15, -0.1) is 0 Å². The van der Waals surface area contributed by atoms with Crippen molar-refractivity contribution in [1.82, 2.24) is 15.2 Å². The SMILES string of the molecule is C[C@H](Oc1ccc2c(c1)[C@H](c1ccccc1)N(C(=O)C(C)(C)C)CC2)C(=O)NCCc1ccccn1. The van der Waals surface area contributed by atoms with E-state index in [2.05, 4.69) is 28.5 Å². The highest BCUT2D eigenvalue weighted by Crippen LogP contribution is 2.39. The van der Waals surface area contributed by atoms with Crippen LogP contribution >= 0.6 is 0 Å². The molecule has 2 amide bonds. The molecule has 1 aliphatic heterocycles. The molecule has 1 aliphatic rings. The highest BCUT2D eigenvalue weighted by atomic mass is 16.5. The number of nitrogens with zero attached hydrogens (tertiary/aromatic N) is 2. The van der Waals surface area contributed by atoms with E-state index in [1.54, 1.807) is 13.1 Å². The van der Waals surface area contributed by atoms with E-state index < -0.39 is 11.5 Å². The van der Waals surface area contributed by atoms with Crippen LogP contribution in [0.5, 0.6) is 5.75 Å². The molecular weight excluding hydrogens is 450 g/mol. The second-order valence-electron chi connectivity index (χ2n) is 10.3. The average Bonchev–Trinajstić information content (AvgIpc) is 2.88. The van der Waals surface area contributed by atoms with Crippen LogP contribution in [0.1, 0.15) is 56.1 Å². The van der Waals surface area contributed by atoms with Crippen molar-refractivity contribution in [1.29, 1.82) is 0 Å². The number of carbonyl (C=O) groups excluding carboxylic acids is 2. The van der Waals surface area contributed by atoms with Crippen LogP contribution in [-0.2, 0) is 22.4 Å². The minimum absolute atomic E-state index is 0.119. The van der Waals surface area contributed by atoms with Crippen molar-refractivity contribution in [3.8, 4) is 5.75 Å². The monoisotopic (exact) mass is 485 g/mol. The number of carbonyl (C=O) groups is 2. The molecule has 36 heavy (non-hydrogen) atoms. The minimum Gasteiger partial charge on any atom is -0.481 e. The van der Waals surface area contributed by atoms with Gasteiger partial charge in [-0.2, -0.15) is 0 Å². The molecule has 4 rings (SSSR count). The zero-order chi connectivity index (χ0) is 25.7. The quantitative estimate of drug-likeness (QED) is 0.525. The first-order chi connectivity index (χ1) is 17.2. The second kappa shape index (κ2) is 10.9. The van der Waals surface area contributed by atoms with Crippen molar-refractivity contribution in [2.75, 3.05) is 13.1 Å². The summed E-state index contributed by atoms with van der Waals surface area (Å²) in [5.74, 6) is 0.564. The molecule has 188 valence electrons. The summed E-state index contributed by atoms with van der Waals surface area (Å²) in [5, 5.41) is 2.93. The van der Waals surface area contributed by atoms with Crippen LogP contribution in [0.25, 0.3) is 0 Å². The van der Waals surface area contributed by atoms with Crippen LogP contribution in [0, 0.1) is 5.41 Å². The standard InChI is InChI=1S/C30H35N3O3/c1-21(28(34)32-18-15-24-12-8-9-17-31-24)36-25-14-13-22-16-19-33(29(35)30(2,3)4)27(26(22)20-25)23-10-6-5-7-11-23/h5-14,17,20-21,27H,15-16,18-19H2,1-4H3,(H,32,34)/t21-,27-/m0/s1. The molecule has 0 saturated carbocycles. The number of nitrogens with one attached hydrogen (secondary N) is 1. The fourth-order valence-corrected chi connectivity index (χ4v) is 4.57. The van der Waals surface area contributed by atoms with Crippen LogP contribution in [0.15, 0.2) is 72.9 Å². The molecule has 0 radical (unpaired) electrons. The van der Waals surface area contributed by atoms with Crippen LogP contribution in [0.4, 0.5) is 0 Å². The number of hydrogen-bond acceptors (Lipinski definition) is 4. The maximum Gasteiger partial charge on any atom is 0.260 e. The molecular formula is C30H35N3O3. The first kappa shape index (κ1) is 25.4. The molecule has 0 unspecified atom stereocenters. The molecule has 6 heteroatoms. The summed E-state index contributed by atoms with van der Waals surface area (Å²) in [7, 11) is 0. The Labute approximate surface area is 213 Å². The number of aromatic nitrogens is 1. The normalized spacial score (nSPS) is 16.1. The van der Waals surface area contributed by atoms with Gasteiger partial charge in [-0.25, -0.2) is 0 Å². The van der Waals surface area contributed by atoms with E-state index in [0.29, 0.717) is 25.3 Å². The lowest BCUT2D eigenvalue weighted by atomic mass is 9.85. The molecule has 0 saturated heterocycles. The van der Waals surface area contributed by atoms with Crippen molar-refractivity contribution < 1.29 is 14.3 Å². The summed E-state index contributed by atoms with van der Waals surface area (Å²) in [6.45, 7) is 8.78. The van der Waals surface area contributed by atoms with E-state index in [0.717, 1.165) is 23.2 Å².